The van der Waals surface area contributed by atoms with E-state index in [1.165, 1.54) is 5.56 Å². The Balaban J connectivity index is 1.39. The van der Waals surface area contributed by atoms with E-state index < -0.39 is 0 Å². The fourth-order valence-corrected chi connectivity index (χ4v) is 4.33. The summed E-state index contributed by atoms with van der Waals surface area (Å²) in [5.41, 5.74) is 1.31. The van der Waals surface area contributed by atoms with Gasteiger partial charge in [0.1, 0.15) is 0 Å². The van der Waals surface area contributed by atoms with Crippen LogP contribution < -0.4 is 0 Å². The predicted octanol–water partition coefficient (Wildman–Crippen LogP) is 3.12. The van der Waals surface area contributed by atoms with Gasteiger partial charge < -0.3 is 9.80 Å². The van der Waals surface area contributed by atoms with Crippen molar-refractivity contribution in [2.24, 2.45) is 11.8 Å². The number of carbonyl (C=O) groups excluding carboxylic acids is 2. The van der Waals surface area contributed by atoms with Gasteiger partial charge in [-0.2, -0.15) is 0 Å². The molecule has 0 saturated carbocycles. The van der Waals surface area contributed by atoms with E-state index in [1.807, 2.05) is 11.0 Å². The van der Waals surface area contributed by atoms with E-state index in [1.54, 1.807) is 6.92 Å². The molecule has 3 rings (SSSR count). The lowest BCUT2D eigenvalue weighted by Gasteiger charge is -2.34. The summed E-state index contributed by atoms with van der Waals surface area (Å²) in [6, 6.07) is 10.4. The second kappa shape index (κ2) is 8.50. The lowest BCUT2D eigenvalue weighted by atomic mass is 9.84. The largest absolute Gasteiger partial charge is 0.343 e. The summed E-state index contributed by atoms with van der Waals surface area (Å²) in [5, 5.41) is 0. The predicted molar refractivity (Wildman–Crippen MR) is 99.0 cm³/mol. The number of amides is 2. The molecule has 0 N–H and O–H groups in total. The quantitative estimate of drug-likeness (QED) is 0.825. The van der Waals surface area contributed by atoms with E-state index in [4.69, 9.17) is 0 Å². The maximum absolute atomic E-state index is 12.5. The van der Waals surface area contributed by atoms with Crippen molar-refractivity contribution in [1.82, 2.24) is 9.80 Å². The van der Waals surface area contributed by atoms with Crippen LogP contribution in [-0.2, 0) is 16.0 Å². The van der Waals surface area contributed by atoms with Gasteiger partial charge >= 0.3 is 0 Å². The molecule has 2 aliphatic heterocycles. The third-order valence-corrected chi connectivity index (χ3v) is 5.93. The third-order valence-electron chi connectivity index (χ3n) is 5.93. The van der Waals surface area contributed by atoms with Crippen molar-refractivity contribution >= 4 is 11.8 Å². The Morgan fingerprint density at radius 2 is 1.60 bits per heavy atom. The van der Waals surface area contributed by atoms with Crippen LogP contribution in [0.2, 0.25) is 0 Å². The van der Waals surface area contributed by atoms with E-state index >= 15 is 0 Å². The van der Waals surface area contributed by atoms with Gasteiger partial charge in [0.2, 0.25) is 11.8 Å². The molecule has 4 nitrogen and oxygen atoms in total. The Kier molecular flexibility index (Phi) is 6.11. The number of carbonyl (C=O) groups is 2. The lowest BCUT2D eigenvalue weighted by Crippen LogP contribution is -2.39. The van der Waals surface area contributed by atoms with Crippen molar-refractivity contribution < 1.29 is 9.59 Å². The second-order valence-corrected chi connectivity index (χ2v) is 7.57. The number of hydrogen-bond acceptors (Lipinski definition) is 2. The number of rotatable bonds is 5. The summed E-state index contributed by atoms with van der Waals surface area (Å²) >= 11 is 0. The van der Waals surface area contributed by atoms with Crippen molar-refractivity contribution in [3.05, 3.63) is 35.9 Å². The molecule has 136 valence electrons. The average Bonchev–Trinajstić information content (AvgIpc) is 3.13. The first-order valence-corrected chi connectivity index (χ1v) is 9.70. The Morgan fingerprint density at radius 1 is 0.960 bits per heavy atom. The monoisotopic (exact) mass is 342 g/mol. The minimum atomic E-state index is 0.195. The molecule has 0 aromatic heterocycles. The number of piperidine rings is 1. The number of hydrogen-bond donors (Lipinski definition) is 0. The molecular formula is C21H30N2O2. The van der Waals surface area contributed by atoms with Crippen molar-refractivity contribution in [2.75, 3.05) is 26.2 Å². The van der Waals surface area contributed by atoms with E-state index in [2.05, 4.69) is 29.2 Å². The van der Waals surface area contributed by atoms with Crippen LogP contribution >= 0.6 is 0 Å². The summed E-state index contributed by atoms with van der Waals surface area (Å²) in [6.45, 7) is 5.28. The van der Waals surface area contributed by atoms with E-state index in [-0.39, 0.29) is 5.91 Å². The van der Waals surface area contributed by atoms with Gasteiger partial charge in [0, 0.05) is 39.5 Å². The topological polar surface area (TPSA) is 40.6 Å². The molecule has 1 atom stereocenters. The normalized spacial score (nSPS) is 21.6. The highest BCUT2D eigenvalue weighted by Crippen LogP contribution is 2.32. The van der Waals surface area contributed by atoms with Crippen LogP contribution in [-0.4, -0.2) is 47.8 Å². The fraction of sp³-hybridized carbons (Fsp3) is 0.619. The van der Waals surface area contributed by atoms with Gasteiger partial charge in [0.15, 0.2) is 0 Å². The SMILES string of the molecule is CC(=O)N1CCC(C2CCN(C(=O)CCCc3ccccc3)C2)CC1. The minimum Gasteiger partial charge on any atom is -0.343 e. The number of nitrogens with zero attached hydrogens (tertiary/aromatic N) is 2. The van der Waals surface area contributed by atoms with Gasteiger partial charge in [-0.25, -0.2) is 0 Å². The number of aryl methyl sites for hydroxylation is 1. The molecule has 2 amide bonds. The molecule has 0 bridgehead atoms. The standard InChI is InChI=1S/C21H30N2O2/c1-17(24)22-13-10-19(11-14-22)20-12-15-23(16-20)21(25)9-5-8-18-6-3-2-4-7-18/h2-4,6-7,19-20H,5,8-16H2,1H3. The summed E-state index contributed by atoms with van der Waals surface area (Å²) < 4.78 is 0. The summed E-state index contributed by atoms with van der Waals surface area (Å²) in [4.78, 5) is 28.0. The van der Waals surface area contributed by atoms with Crippen LogP contribution in [0.4, 0.5) is 0 Å². The Bertz CT molecular complexity index is 579. The fourth-order valence-electron chi connectivity index (χ4n) is 4.33. The van der Waals surface area contributed by atoms with Gasteiger partial charge in [-0.3, -0.25) is 9.59 Å². The molecule has 25 heavy (non-hydrogen) atoms. The Morgan fingerprint density at radius 3 is 2.28 bits per heavy atom. The molecule has 4 heteroatoms. The van der Waals surface area contributed by atoms with Crippen LogP contribution in [0.15, 0.2) is 30.3 Å². The first kappa shape index (κ1) is 18.0. The van der Waals surface area contributed by atoms with E-state index in [0.29, 0.717) is 24.2 Å². The first-order valence-electron chi connectivity index (χ1n) is 9.70. The maximum Gasteiger partial charge on any atom is 0.222 e. The zero-order chi connectivity index (χ0) is 17.6. The lowest BCUT2D eigenvalue weighted by molar-refractivity contribution is -0.130. The van der Waals surface area contributed by atoms with Crippen molar-refractivity contribution in [3.63, 3.8) is 0 Å². The molecule has 0 radical (unpaired) electrons. The molecular weight excluding hydrogens is 312 g/mol. The van der Waals surface area contributed by atoms with Gasteiger partial charge in [0.25, 0.3) is 0 Å². The van der Waals surface area contributed by atoms with Crippen molar-refractivity contribution in [3.8, 4) is 0 Å². The van der Waals surface area contributed by atoms with Crippen LogP contribution in [0.3, 0.4) is 0 Å². The van der Waals surface area contributed by atoms with Crippen LogP contribution in [0.5, 0.6) is 0 Å². The van der Waals surface area contributed by atoms with E-state index in [0.717, 1.165) is 58.3 Å². The highest BCUT2D eigenvalue weighted by Gasteiger charge is 2.33. The molecule has 0 spiro atoms. The Labute approximate surface area is 151 Å². The molecule has 1 unspecified atom stereocenters. The summed E-state index contributed by atoms with van der Waals surface area (Å²) in [5.74, 6) is 1.82. The molecule has 1 aromatic carbocycles. The highest BCUT2D eigenvalue weighted by molar-refractivity contribution is 5.76. The molecule has 2 fully saturated rings. The highest BCUT2D eigenvalue weighted by atomic mass is 16.2. The van der Waals surface area contributed by atoms with E-state index in [9.17, 15) is 9.59 Å². The maximum atomic E-state index is 12.5. The molecule has 2 aliphatic rings. The zero-order valence-corrected chi connectivity index (χ0v) is 15.3. The summed E-state index contributed by atoms with van der Waals surface area (Å²) in [6.07, 6.45) is 5.90. The second-order valence-electron chi connectivity index (χ2n) is 7.57. The molecule has 2 heterocycles. The van der Waals surface area contributed by atoms with Crippen LogP contribution in [0, 0.1) is 11.8 Å². The van der Waals surface area contributed by atoms with Crippen LogP contribution in [0.1, 0.15) is 44.6 Å². The van der Waals surface area contributed by atoms with Gasteiger partial charge in [-0.1, -0.05) is 30.3 Å². The third kappa shape index (κ3) is 4.83. The van der Waals surface area contributed by atoms with Gasteiger partial charge in [-0.05, 0) is 49.5 Å². The zero-order valence-electron chi connectivity index (χ0n) is 15.3. The van der Waals surface area contributed by atoms with Gasteiger partial charge in [0.05, 0.1) is 0 Å². The number of benzene rings is 1. The molecule has 1 aromatic rings. The van der Waals surface area contributed by atoms with Gasteiger partial charge in [-0.15, -0.1) is 0 Å². The Hall–Kier alpha value is -1.84. The van der Waals surface area contributed by atoms with Crippen molar-refractivity contribution in [1.29, 1.82) is 0 Å². The smallest absolute Gasteiger partial charge is 0.222 e. The molecule has 2 saturated heterocycles. The minimum absolute atomic E-state index is 0.195. The van der Waals surface area contributed by atoms with Crippen LogP contribution in [0.25, 0.3) is 0 Å². The molecule has 0 aliphatic carbocycles. The average molecular weight is 342 g/mol. The first-order chi connectivity index (χ1) is 12.1. The van der Waals surface area contributed by atoms with Crippen molar-refractivity contribution in [2.45, 2.75) is 45.4 Å². The number of likely N-dealkylation sites (tertiary alicyclic amines) is 2. The summed E-state index contributed by atoms with van der Waals surface area (Å²) in [7, 11) is 0.